The van der Waals surface area contributed by atoms with E-state index in [0.717, 1.165) is 19.3 Å². The Hall–Kier alpha value is -1.96. The van der Waals surface area contributed by atoms with E-state index in [2.05, 4.69) is 21.4 Å². The van der Waals surface area contributed by atoms with Gasteiger partial charge < -0.3 is 10.2 Å². The summed E-state index contributed by atoms with van der Waals surface area (Å²) in [5.41, 5.74) is 1.74. The number of rotatable bonds is 7. The van der Waals surface area contributed by atoms with Crippen LogP contribution in [-0.4, -0.2) is 54.9 Å². The van der Waals surface area contributed by atoms with Gasteiger partial charge in [0.2, 0.25) is 0 Å². The zero-order chi connectivity index (χ0) is 19.3. The number of sulfone groups is 1. The third kappa shape index (κ3) is 5.28. The molecule has 1 unspecified atom stereocenters. The van der Waals surface area contributed by atoms with Crippen LogP contribution >= 0.6 is 0 Å². The van der Waals surface area contributed by atoms with E-state index in [1.807, 2.05) is 11.8 Å². The molecule has 0 aromatic carbocycles. The highest BCUT2D eigenvalue weighted by Gasteiger charge is 2.32. The largest absolute Gasteiger partial charge is 0.353 e. The summed E-state index contributed by atoms with van der Waals surface area (Å²) in [5.74, 6) is 0.740. The molecule has 0 spiro atoms. The molecule has 1 fully saturated rings. The van der Waals surface area contributed by atoms with E-state index < -0.39 is 9.84 Å². The molecule has 0 saturated carbocycles. The molecular weight excluding hydrogens is 364 g/mol. The van der Waals surface area contributed by atoms with E-state index in [1.165, 1.54) is 24.7 Å². The molecule has 7 nitrogen and oxygen atoms in total. The fraction of sp³-hybridized carbons (Fsp3) is 0.632. The van der Waals surface area contributed by atoms with Crippen molar-refractivity contribution in [2.24, 2.45) is 0 Å². The minimum Gasteiger partial charge on any atom is -0.353 e. The monoisotopic (exact) mass is 392 g/mol. The number of carbonyl (C=O) groups is 1. The average Bonchev–Trinajstić information content (AvgIpc) is 3.03. The van der Waals surface area contributed by atoms with Crippen molar-refractivity contribution in [3.8, 4) is 0 Å². The summed E-state index contributed by atoms with van der Waals surface area (Å²) in [6, 6.07) is 1.56. The zero-order valence-electron chi connectivity index (χ0n) is 15.9. The molecule has 1 aromatic rings. The van der Waals surface area contributed by atoms with Gasteiger partial charge in [0.25, 0.3) is 5.91 Å². The first-order valence-electron chi connectivity index (χ1n) is 9.73. The summed E-state index contributed by atoms with van der Waals surface area (Å²) < 4.78 is 23.6. The number of aromatic nitrogens is 2. The molecule has 1 aromatic heterocycles. The first-order valence-corrected chi connectivity index (χ1v) is 11.6. The van der Waals surface area contributed by atoms with Crippen molar-refractivity contribution in [2.45, 2.75) is 51.5 Å². The second kappa shape index (κ2) is 8.82. The van der Waals surface area contributed by atoms with Crippen LogP contribution in [0.25, 0.3) is 0 Å². The number of nitrogens with one attached hydrogen (secondary N) is 1. The Morgan fingerprint density at radius 1 is 1.33 bits per heavy atom. The lowest BCUT2D eigenvalue weighted by molar-refractivity contribution is 0.0949. The molecule has 2 aliphatic rings. The molecule has 1 aliphatic carbocycles. The van der Waals surface area contributed by atoms with E-state index >= 15 is 0 Å². The predicted molar refractivity (Wildman–Crippen MR) is 106 cm³/mol. The highest BCUT2D eigenvalue weighted by atomic mass is 32.2. The maximum absolute atomic E-state index is 12.4. The van der Waals surface area contributed by atoms with Gasteiger partial charge in [-0.2, -0.15) is 0 Å². The van der Waals surface area contributed by atoms with Crippen LogP contribution in [0.4, 0.5) is 5.82 Å². The SMILES string of the molecule is CCN(c1cc(C(=O)NCCC2=CCCCC2)ncn1)C1CCS(=O)(=O)C1. The van der Waals surface area contributed by atoms with Gasteiger partial charge in [0.05, 0.1) is 11.5 Å². The molecule has 2 heterocycles. The number of hydrogen-bond donors (Lipinski definition) is 1. The summed E-state index contributed by atoms with van der Waals surface area (Å²) >= 11 is 0. The fourth-order valence-electron chi connectivity index (χ4n) is 3.82. The van der Waals surface area contributed by atoms with E-state index in [1.54, 1.807) is 6.07 Å². The Balaban J connectivity index is 1.61. The van der Waals surface area contributed by atoms with Crippen molar-refractivity contribution in [1.82, 2.24) is 15.3 Å². The zero-order valence-corrected chi connectivity index (χ0v) is 16.7. The smallest absolute Gasteiger partial charge is 0.270 e. The summed E-state index contributed by atoms with van der Waals surface area (Å²) in [6.45, 7) is 3.19. The average molecular weight is 393 g/mol. The summed E-state index contributed by atoms with van der Waals surface area (Å²) in [6.07, 6.45) is 9.90. The molecule has 148 valence electrons. The topological polar surface area (TPSA) is 92.3 Å². The van der Waals surface area contributed by atoms with Gasteiger partial charge >= 0.3 is 0 Å². The van der Waals surface area contributed by atoms with Gasteiger partial charge in [-0.1, -0.05) is 11.6 Å². The van der Waals surface area contributed by atoms with E-state index in [-0.39, 0.29) is 23.5 Å². The van der Waals surface area contributed by atoms with Crippen LogP contribution in [0, 0.1) is 0 Å². The van der Waals surface area contributed by atoms with Crippen LogP contribution in [0.5, 0.6) is 0 Å². The van der Waals surface area contributed by atoms with Gasteiger partial charge in [0.1, 0.15) is 17.8 Å². The highest BCUT2D eigenvalue weighted by molar-refractivity contribution is 7.91. The van der Waals surface area contributed by atoms with E-state index in [4.69, 9.17) is 0 Å². The fourth-order valence-corrected chi connectivity index (χ4v) is 5.55. The van der Waals surface area contributed by atoms with E-state index in [0.29, 0.717) is 31.0 Å². The lowest BCUT2D eigenvalue weighted by Crippen LogP contribution is -2.37. The molecule has 3 rings (SSSR count). The molecule has 27 heavy (non-hydrogen) atoms. The maximum Gasteiger partial charge on any atom is 0.270 e. The number of amides is 1. The van der Waals surface area contributed by atoms with Gasteiger partial charge in [0.15, 0.2) is 9.84 Å². The van der Waals surface area contributed by atoms with Gasteiger partial charge in [-0.15, -0.1) is 0 Å². The maximum atomic E-state index is 12.4. The Bertz CT molecular complexity index is 807. The van der Waals surface area contributed by atoms with Gasteiger partial charge in [-0.05, 0) is 45.4 Å². The molecule has 1 amide bonds. The molecule has 0 bridgehead atoms. The standard InChI is InChI=1S/C19H28N4O3S/c1-2-23(16-9-11-27(25,26)13-16)18-12-17(21-14-22-18)19(24)20-10-8-15-6-4-3-5-7-15/h6,12,14,16H,2-5,7-11,13H2,1H3,(H,20,24). The van der Waals surface area contributed by atoms with Crippen molar-refractivity contribution < 1.29 is 13.2 Å². The summed E-state index contributed by atoms with van der Waals surface area (Å²) in [5, 5.41) is 2.93. The van der Waals surface area contributed by atoms with Crippen LogP contribution in [-0.2, 0) is 9.84 Å². The second-order valence-corrected chi connectivity index (χ2v) is 9.45. The molecular formula is C19H28N4O3S. The van der Waals surface area contributed by atoms with Crippen molar-refractivity contribution in [3.05, 3.63) is 29.7 Å². The number of carbonyl (C=O) groups excluding carboxylic acids is 1. The summed E-state index contributed by atoms with van der Waals surface area (Å²) in [4.78, 5) is 22.8. The van der Waals surface area contributed by atoms with Gasteiger partial charge in [0, 0.05) is 25.2 Å². The summed E-state index contributed by atoms with van der Waals surface area (Å²) in [7, 11) is -2.98. The first-order chi connectivity index (χ1) is 13.0. The quantitative estimate of drug-likeness (QED) is 0.715. The Morgan fingerprint density at radius 2 is 2.19 bits per heavy atom. The molecule has 1 N–H and O–H groups in total. The van der Waals surface area contributed by atoms with E-state index in [9.17, 15) is 13.2 Å². The Kier molecular flexibility index (Phi) is 6.46. The van der Waals surface area contributed by atoms with Crippen LogP contribution in [0.2, 0.25) is 0 Å². The van der Waals surface area contributed by atoms with Crippen molar-refractivity contribution in [1.29, 1.82) is 0 Å². The second-order valence-electron chi connectivity index (χ2n) is 7.22. The van der Waals surface area contributed by atoms with Crippen LogP contribution in [0.15, 0.2) is 24.0 Å². The first kappa shape index (κ1) is 19.8. The number of anilines is 1. The van der Waals surface area contributed by atoms with Gasteiger partial charge in [-0.3, -0.25) is 4.79 Å². The van der Waals surface area contributed by atoms with Crippen LogP contribution < -0.4 is 10.2 Å². The van der Waals surface area contributed by atoms with Gasteiger partial charge in [-0.25, -0.2) is 18.4 Å². The van der Waals surface area contributed by atoms with Crippen molar-refractivity contribution in [2.75, 3.05) is 29.5 Å². The third-order valence-corrected chi connectivity index (χ3v) is 7.04. The molecule has 1 saturated heterocycles. The predicted octanol–water partition coefficient (Wildman–Crippen LogP) is 2.11. The minimum absolute atomic E-state index is 0.0935. The molecule has 0 radical (unpaired) electrons. The number of nitrogens with zero attached hydrogens (tertiary/aromatic N) is 3. The Morgan fingerprint density at radius 3 is 2.85 bits per heavy atom. The number of allylic oxidation sites excluding steroid dienone is 1. The molecule has 1 atom stereocenters. The lowest BCUT2D eigenvalue weighted by atomic mass is 9.97. The molecule has 1 aliphatic heterocycles. The van der Waals surface area contributed by atoms with Crippen LogP contribution in [0.3, 0.4) is 0 Å². The minimum atomic E-state index is -2.98. The van der Waals surface area contributed by atoms with Crippen molar-refractivity contribution >= 4 is 21.6 Å². The third-order valence-electron chi connectivity index (χ3n) is 5.29. The lowest BCUT2D eigenvalue weighted by Gasteiger charge is -2.27. The van der Waals surface area contributed by atoms with Crippen molar-refractivity contribution in [3.63, 3.8) is 0 Å². The van der Waals surface area contributed by atoms with Crippen LogP contribution in [0.1, 0.15) is 55.9 Å². The Labute approximate surface area is 161 Å². The number of hydrogen-bond acceptors (Lipinski definition) is 6. The highest BCUT2D eigenvalue weighted by Crippen LogP contribution is 2.23. The molecule has 8 heteroatoms. The normalized spacial score (nSPS) is 21.5.